The second-order valence-electron chi connectivity index (χ2n) is 12.9. The average molecular weight is 720 g/mol. The van der Waals surface area contributed by atoms with Crippen LogP contribution in [-0.4, -0.2) is 179 Å². The number of ether oxygens (including phenoxy) is 6. The number of nitrogens with two attached hydrogens (primary N) is 6. The first-order chi connectivity index (χ1) is 23.1. The molecule has 3 saturated heterocycles. The van der Waals surface area contributed by atoms with Gasteiger partial charge in [0.05, 0.1) is 55.7 Å². The Labute approximate surface area is 280 Å². The van der Waals surface area contributed by atoms with Crippen LogP contribution in [0.25, 0.3) is 0 Å². The SMILES string of the molecule is NC[C@@H]1C[C@@H](O)[C@@H](N)[C@@H](O[C@H]2[C@H](O[C@@H]3O[C@H](CO)[C@@H](O[C@H]4O[C@@H](CN)C[C@H](O)[C@H]4N)[C@H]3O)[C@@H](O)[C@H](NC(=O)[C@@H](O)C(F)(F)CN)C[C@@H]2N)O1. The van der Waals surface area contributed by atoms with Gasteiger partial charge in [-0.3, -0.25) is 4.79 Å². The maximum atomic E-state index is 14.0. The summed E-state index contributed by atoms with van der Waals surface area (Å²) < 4.78 is 63.1. The number of halogens is 2. The Morgan fingerprint density at radius 1 is 0.796 bits per heavy atom. The fourth-order valence-electron chi connectivity index (χ4n) is 6.31. The van der Waals surface area contributed by atoms with E-state index in [2.05, 4.69) is 5.32 Å². The van der Waals surface area contributed by atoms with Crippen LogP contribution in [0.3, 0.4) is 0 Å². The van der Waals surface area contributed by atoms with Crippen molar-refractivity contribution in [1.82, 2.24) is 5.32 Å². The standard InChI is InChI=1S/C27H51F2N7O13/c28-27(29,7-32)22(42)23(43)36-11-3-10(33)19(47-24-15(34)12(38)1-8(4-30)44-24)21(17(11)40)49-26-18(41)20(14(6-37)46-26)48-25-16(35)13(39)2-9(5-31)45-25/h8-22,24-26,37-42H,1-7,30-35H2,(H,36,43)/t8-,9+,10-,11+,12+,13-,14+,15+,16+,17-,18+,19+,20+,21+,22+,24+,25+,26-/m0/s1. The van der Waals surface area contributed by atoms with Gasteiger partial charge in [0.25, 0.3) is 11.8 Å². The highest BCUT2D eigenvalue weighted by Crippen LogP contribution is 2.34. The van der Waals surface area contributed by atoms with Crippen LogP contribution in [0.4, 0.5) is 8.78 Å². The summed E-state index contributed by atoms with van der Waals surface area (Å²) in [6.07, 6.45) is -20.0. The van der Waals surface area contributed by atoms with Crippen molar-refractivity contribution < 1.29 is 72.6 Å². The third kappa shape index (κ3) is 8.98. The third-order valence-corrected chi connectivity index (χ3v) is 9.32. The molecule has 4 fully saturated rings. The Morgan fingerprint density at radius 3 is 1.80 bits per heavy atom. The van der Waals surface area contributed by atoms with E-state index in [1.54, 1.807) is 0 Å². The smallest absolute Gasteiger partial charge is 0.294 e. The molecule has 4 rings (SSSR count). The Bertz CT molecular complexity index is 1080. The number of carbonyl (C=O) groups is 1. The van der Waals surface area contributed by atoms with Crippen molar-refractivity contribution in [3.8, 4) is 0 Å². The van der Waals surface area contributed by atoms with Crippen LogP contribution in [0.15, 0.2) is 0 Å². The van der Waals surface area contributed by atoms with E-state index in [-0.39, 0.29) is 32.4 Å². The Kier molecular flexibility index (Phi) is 14.0. The van der Waals surface area contributed by atoms with Gasteiger partial charge in [0.15, 0.2) is 25.0 Å². The third-order valence-electron chi connectivity index (χ3n) is 9.32. The monoisotopic (exact) mass is 719 g/mol. The number of aliphatic hydroxyl groups is 6. The van der Waals surface area contributed by atoms with Crippen molar-refractivity contribution in [2.24, 2.45) is 34.4 Å². The fraction of sp³-hybridized carbons (Fsp3) is 0.963. The highest BCUT2D eigenvalue weighted by atomic mass is 19.3. The summed E-state index contributed by atoms with van der Waals surface area (Å²) in [4.78, 5) is 12.6. The van der Waals surface area contributed by atoms with E-state index in [0.717, 1.165) is 0 Å². The Hall–Kier alpha value is -1.39. The summed E-state index contributed by atoms with van der Waals surface area (Å²) in [5, 5.41) is 65.7. The maximum Gasteiger partial charge on any atom is 0.294 e. The van der Waals surface area contributed by atoms with Gasteiger partial charge in [-0.2, -0.15) is 0 Å². The zero-order valence-electron chi connectivity index (χ0n) is 26.6. The number of hydrogen-bond donors (Lipinski definition) is 13. The van der Waals surface area contributed by atoms with E-state index < -0.39 is 135 Å². The number of aliphatic hydroxyl groups excluding tert-OH is 6. The lowest BCUT2D eigenvalue weighted by atomic mass is 9.83. The molecule has 3 aliphatic heterocycles. The van der Waals surface area contributed by atoms with E-state index in [1.165, 1.54) is 0 Å². The van der Waals surface area contributed by atoms with E-state index >= 15 is 0 Å². The zero-order valence-corrected chi connectivity index (χ0v) is 26.6. The number of amides is 1. The van der Waals surface area contributed by atoms with Crippen LogP contribution < -0.4 is 39.7 Å². The second-order valence-corrected chi connectivity index (χ2v) is 12.9. The number of carbonyl (C=O) groups excluding carboxylic acids is 1. The fourth-order valence-corrected chi connectivity index (χ4v) is 6.31. The topological polar surface area (TPSA) is 362 Å². The maximum absolute atomic E-state index is 14.0. The highest BCUT2D eigenvalue weighted by Gasteiger charge is 2.54. The van der Waals surface area contributed by atoms with Gasteiger partial charge in [-0.25, -0.2) is 8.78 Å². The van der Waals surface area contributed by atoms with Gasteiger partial charge >= 0.3 is 0 Å². The lowest BCUT2D eigenvalue weighted by Gasteiger charge is -2.47. The minimum absolute atomic E-state index is 0.00373. The summed E-state index contributed by atoms with van der Waals surface area (Å²) in [7, 11) is 0. The van der Waals surface area contributed by atoms with Crippen molar-refractivity contribution >= 4 is 5.91 Å². The summed E-state index contributed by atoms with van der Waals surface area (Å²) in [5.74, 6) is -5.56. The van der Waals surface area contributed by atoms with E-state index in [9.17, 15) is 44.2 Å². The molecule has 286 valence electrons. The van der Waals surface area contributed by atoms with Crippen molar-refractivity contribution in [2.45, 2.75) is 135 Å². The molecular formula is C27H51F2N7O13. The van der Waals surface area contributed by atoms with Crippen LogP contribution in [0.2, 0.25) is 0 Å². The molecule has 18 atom stereocenters. The molecule has 0 spiro atoms. The quantitative estimate of drug-likeness (QED) is 0.0840. The molecule has 0 aromatic rings. The molecular weight excluding hydrogens is 668 g/mol. The summed E-state index contributed by atoms with van der Waals surface area (Å²) in [5.41, 5.74) is 35.0. The normalized spacial score (nSPS) is 45.6. The predicted molar refractivity (Wildman–Crippen MR) is 160 cm³/mol. The molecule has 0 radical (unpaired) electrons. The van der Waals surface area contributed by atoms with Gasteiger partial charge in [-0.15, -0.1) is 0 Å². The van der Waals surface area contributed by atoms with Crippen molar-refractivity contribution in [1.29, 1.82) is 0 Å². The first-order valence-electron chi connectivity index (χ1n) is 16.1. The number of alkyl halides is 2. The Morgan fingerprint density at radius 2 is 1.31 bits per heavy atom. The first-order valence-corrected chi connectivity index (χ1v) is 16.1. The minimum atomic E-state index is -4.00. The lowest BCUT2D eigenvalue weighted by molar-refractivity contribution is -0.295. The van der Waals surface area contributed by atoms with E-state index in [0.29, 0.717) is 0 Å². The van der Waals surface area contributed by atoms with Crippen molar-refractivity contribution in [2.75, 3.05) is 26.2 Å². The van der Waals surface area contributed by atoms with Crippen LogP contribution in [0, 0.1) is 0 Å². The average Bonchev–Trinajstić information content (AvgIpc) is 3.37. The molecule has 20 nitrogen and oxygen atoms in total. The molecule has 1 amide bonds. The number of nitrogens with one attached hydrogen (secondary N) is 1. The molecule has 19 N–H and O–H groups in total. The summed E-state index contributed by atoms with van der Waals surface area (Å²) in [6.45, 7) is -2.04. The molecule has 4 aliphatic rings. The second kappa shape index (κ2) is 17.0. The van der Waals surface area contributed by atoms with E-state index in [1.807, 2.05) is 0 Å². The van der Waals surface area contributed by atoms with Crippen molar-refractivity contribution in [3.05, 3.63) is 0 Å². The number of rotatable bonds is 13. The molecule has 49 heavy (non-hydrogen) atoms. The van der Waals surface area contributed by atoms with E-state index in [4.69, 9.17) is 62.8 Å². The van der Waals surface area contributed by atoms with Gasteiger partial charge in [-0.1, -0.05) is 0 Å². The molecule has 0 aromatic carbocycles. The lowest BCUT2D eigenvalue weighted by Crippen LogP contribution is -2.68. The highest BCUT2D eigenvalue weighted by molar-refractivity contribution is 5.82. The minimum Gasteiger partial charge on any atom is -0.394 e. The molecule has 1 saturated carbocycles. The molecule has 0 bridgehead atoms. The largest absolute Gasteiger partial charge is 0.394 e. The first kappa shape index (κ1) is 40.4. The van der Waals surface area contributed by atoms with Gasteiger partial charge < -0.3 is 98.8 Å². The van der Waals surface area contributed by atoms with Gasteiger partial charge in [0, 0.05) is 32.0 Å². The molecule has 22 heteroatoms. The van der Waals surface area contributed by atoms with Gasteiger partial charge in [-0.05, 0) is 6.42 Å². The van der Waals surface area contributed by atoms with Crippen LogP contribution in [0.5, 0.6) is 0 Å². The predicted octanol–water partition coefficient (Wildman–Crippen LogP) is -7.72. The Balaban J connectivity index is 1.57. The van der Waals surface area contributed by atoms with Crippen LogP contribution >= 0.6 is 0 Å². The molecule has 3 heterocycles. The summed E-state index contributed by atoms with van der Waals surface area (Å²) in [6, 6.07) is -4.78. The molecule has 1 aliphatic carbocycles. The molecule has 0 aromatic heterocycles. The van der Waals surface area contributed by atoms with Crippen LogP contribution in [0.1, 0.15) is 19.3 Å². The summed E-state index contributed by atoms with van der Waals surface area (Å²) >= 11 is 0. The van der Waals surface area contributed by atoms with Crippen molar-refractivity contribution in [3.63, 3.8) is 0 Å². The van der Waals surface area contributed by atoms with Gasteiger partial charge in [0.1, 0.15) is 36.6 Å². The van der Waals surface area contributed by atoms with Crippen LogP contribution in [-0.2, 0) is 33.2 Å². The zero-order chi connectivity index (χ0) is 36.4. The molecule has 0 unspecified atom stereocenters. The number of hydrogen-bond acceptors (Lipinski definition) is 19. The van der Waals surface area contributed by atoms with Gasteiger partial charge in [0.2, 0.25) is 0 Å².